The Morgan fingerprint density at radius 2 is 1.56 bits per heavy atom. The van der Waals surface area contributed by atoms with Gasteiger partial charge in [0.2, 0.25) is 0 Å². The largest absolute Gasteiger partial charge is 0.196 e. The van der Waals surface area contributed by atoms with E-state index in [4.69, 9.17) is 5.26 Å². The average molecular weight is 237 g/mol. The number of aromatic nitrogens is 1. The van der Waals surface area contributed by atoms with Crippen LogP contribution in [0.25, 0.3) is 0 Å². The summed E-state index contributed by atoms with van der Waals surface area (Å²) < 4.78 is 2.29. The molecule has 0 aliphatic rings. The van der Waals surface area contributed by atoms with Crippen LogP contribution in [0.4, 0.5) is 0 Å². The number of nitriles is 1. The second-order valence-corrected chi connectivity index (χ2v) is 4.71. The van der Waals surface area contributed by atoms with Crippen LogP contribution in [-0.2, 0) is 6.54 Å². The summed E-state index contributed by atoms with van der Waals surface area (Å²) in [7, 11) is 0. The first-order valence-electron chi connectivity index (χ1n) is 6.07. The lowest BCUT2D eigenvalue weighted by atomic mass is 10.1. The molecule has 0 saturated heterocycles. The van der Waals surface area contributed by atoms with Gasteiger partial charge in [-0.25, -0.2) is 0 Å². The highest BCUT2D eigenvalue weighted by Gasteiger charge is 2.12. The highest BCUT2D eigenvalue weighted by Crippen LogP contribution is 2.06. The highest BCUT2D eigenvalue weighted by molar-refractivity contribution is 5.31. The van der Waals surface area contributed by atoms with Crippen molar-refractivity contribution in [3.05, 3.63) is 64.5 Å². The minimum atomic E-state index is 0.709. The van der Waals surface area contributed by atoms with Crippen molar-refractivity contribution >= 4 is 0 Å². The molecular formula is C16H17N2+. The Morgan fingerprint density at radius 3 is 2.06 bits per heavy atom. The molecule has 0 atom stereocenters. The average Bonchev–Trinajstić information content (AvgIpc) is 2.34. The van der Waals surface area contributed by atoms with E-state index >= 15 is 0 Å². The van der Waals surface area contributed by atoms with Crippen molar-refractivity contribution in [3.8, 4) is 6.07 Å². The monoisotopic (exact) mass is 237 g/mol. The predicted octanol–water partition coefficient (Wildman–Crippen LogP) is 2.82. The van der Waals surface area contributed by atoms with Gasteiger partial charge in [0, 0.05) is 31.5 Å². The van der Waals surface area contributed by atoms with Gasteiger partial charge in [-0.2, -0.15) is 9.83 Å². The molecule has 2 nitrogen and oxygen atoms in total. The Bertz CT molecular complexity index is 581. The summed E-state index contributed by atoms with van der Waals surface area (Å²) in [4.78, 5) is 0. The molecule has 2 aromatic rings. The molecule has 1 aromatic carbocycles. The number of rotatable bonds is 2. The van der Waals surface area contributed by atoms with E-state index in [0.29, 0.717) is 5.56 Å². The van der Waals surface area contributed by atoms with Gasteiger partial charge in [-0.05, 0) is 24.6 Å². The first-order valence-corrected chi connectivity index (χ1v) is 6.07. The molecule has 18 heavy (non-hydrogen) atoms. The fourth-order valence-corrected chi connectivity index (χ4v) is 2.25. The third kappa shape index (κ3) is 2.57. The Morgan fingerprint density at radius 1 is 1.00 bits per heavy atom. The van der Waals surface area contributed by atoms with Crippen LogP contribution in [0.1, 0.15) is 28.1 Å². The van der Waals surface area contributed by atoms with Gasteiger partial charge < -0.3 is 0 Å². The SMILES string of the molecule is Cc1cc(C)[n+](Cc2ccc(C#N)cc2)c(C)c1. The minimum Gasteiger partial charge on any atom is -0.196 e. The quantitative estimate of drug-likeness (QED) is 0.738. The van der Waals surface area contributed by atoms with Gasteiger partial charge >= 0.3 is 0 Å². The van der Waals surface area contributed by atoms with Gasteiger partial charge in [0.25, 0.3) is 0 Å². The predicted molar refractivity (Wildman–Crippen MR) is 71.1 cm³/mol. The van der Waals surface area contributed by atoms with Crippen LogP contribution < -0.4 is 4.57 Å². The highest BCUT2D eigenvalue weighted by atomic mass is 15.0. The summed E-state index contributed by atoms with van der Waals surface area (Å²) in [6.07, 6.45) is 0. The van der Waals surface area contributed by atoms with Gasteiger partial charge in [0.05, 0.1) is 11.6 Å². The van der Waals surface area contributed by atoms with Crippen LogP contribution in [0.5, 0.6) is 0 Å². The lowest BCUT2D eigenvalue weighted by Crippen LogP contribution is -2.40. The maximum atomic E-state index is 8.78. The summed E-state index contributed by atoms with van der Waals surface area (Å²) >= 11 is 0. The molecule has 0 spiro atoms. The molecule has 0 unspecified atom stereocenters. The molecule has 0 fully saturated rings. The number of pyridine rings is 1. The molecule has 1 heterocycles. The molecule has 0 amide bonds. The molecule has 0 N–H and O–H groups in total. The molecular weight excluding hydrogens is 220 g/mol. The molecule has 1 aromatic heterocycles. The van der Waals surface area contributed by atoms with E-state index in [2.05, 4.69) is 43.5 Å². The minimum absolute atomic E-state index is 0.709. The summed E-state index contributed by atoms with van der Waals surface area (Å²) in [5.41, 5.74) is 5.74. The number of hydrogen-bond acceptors (Lipinski definition) is 1. The normalized spacial score (nSPS) is 10.1. The summed E-state index contributed by atoms with van der Waals surface area (Å²) in [5, 5.41) is 8.78. The summed E-state index contributed by atoms with van der Waals surface area (Å²) in [5.74, 6) is 0. The van der Waals surface area contributed by atoms with Crippen molar-refractivity contribution in [1.29, 1.82) is 5.26 Å². The third-order valence-electron chi connectivity index (χ3n) is 3.15. The van der Waals surface area contributed by atoms with Crippen LogP contribution in [0.2, 0.25) is 0 Å². The summed E-state index contributed by atoms with van der Waals surface area (Å²) in [6, 6.07) is 14.3. The van der Waals surface area contributed by atoms with E-state index in [-0.39, 0.29) is 0 Å². The zero-order valence-corrected chi connectivity index (χ0v) is 11.1. The lowest BCUT2D eigenvalue weighted by molar-refractivity contribution is -0.700. The van der Waals surface area contributed by atoms with E-state index < -0.39 is 0 Å². The molecule has 90 valence electrons. The smallest absolute Gasteiger partial charge is 0.179 e. The Balaban J connectivity index is 2.31. The lowest BCUT2D eigenvalue weighted by Gasteiger charge is -2.05. The van der Waals surface area contributed by atoms with Crippen molar-refractivity contribution in [2.45, 2.75) is 27.3 Å². The van der Waals surface area contributed by atoms with E-state index in [1.165, 1.54) is 22.5 Å². The first kappa shape index (κ1) is 12.3. The van der Waals surface area contributed by atoms with Crippen molar-refractivity contribution in [3.63, 3.8) is 0 Å². The molecule has 0 aliphatic carbocycles. The van der Waals surface area contributed by atoms with E-state index in [1.54, 1.807) is 0 Å². The Hall–Kier alpha value is -2.14. The van der Waals surface area contributed by atoms with Crippen LogP contribution >= 0.6 is 0 Å². The molecule has 0 aliphatic heterocycles. The van der Waals surface area contributed by atoms with E-state index in [1.807, 2.05) is 24.3 Å². The molecule has 0 radical (unpaired) electrons. The number of aryl methyl sites for hydroxylation is 3. The number of nitrogens with zero attached hydrogens (tertiary/aromatic N) is 2. The maximum absolute atomic E-state index is 8.78. The summed E-state index contributed by atoms with van der Waals surface area (Å²) in [6.45, 7) is 7.23. The molecule has 0 saturated carbocycles. The van der Waals surface area contributed by atoms with Gasteiger partial charge in [0.1, 0.15) is 0 Å². The van der Waals surface area contributed by atoms with Crippen LogP contribution in [0.3, 0.4) is 0 Å². The van der Waals surface area contributed by atoms with Crippen molar-refractivity contribution in [2.75, 3.05) is 0 Å². The fourth-order valence-electron chi connectivity index (χ4n) is 2.25. The van der Waals surface area contributed by atoms with Gasteiger partial charge in [-0.15, -0.1) is 0 Å². The molecule has 2 rings (SSSR count). The fraction of sp³-hybridized carbons (Fsp3) is 0.250. The van der Waals surface area contributed by atoms with E-state index in [0.717, 1.165) is 6.54 Å². The van der Waals surface area contributed by atoms with Crippen molar-refractivity contribution in [1.82, 2.24) is 0 Å². The molecule has 0 bridgehead atoms. The van der Waals surface area contributed by atoms with Gasteiger partial charge in [-0.3, -0.25) is 0 Å². The zero-order valence-electron chi connectivity index (χ0n) is 11.1. The number of hydrogen-bond donors (Lipinski definition) is 0. The second-order valence-electron chi connectivity index (χ2n) is 4.71. The Kier molecular flexibility index (Phi) is 3.43. The molecule has 2 heteroatoms. The van der Waals surface area contributed by atoms with Gasteiger partial charge in [-0.1, -0.05) is 12.1 Å². The standard InChI is InChI=1S/C16H17N2/c1-12-8-13(2)18(14(3)9-12)11-16-6-4-15(10-17)5-7-16/h4-9H,11H2,1-3H3/q+1. The number of benzene rings is 1. The van der Waals surface area contributed by atoms with Gasteiger partial charge in [0.15, 0.2) is 17.9 Å². The van der Waals surface area contributed by atoms with E-state index in [9.17, 15) is 0 Å². The zero-order chi connectivity index (χ0) is 13.1. The first-order chi connectivity index (χ1) is 8.60. The second kappa shape index (κ2) is 5.01. The van der Waals surface area contributed by atoms with Crippen LogP contribution in [0, 0.1) is 32.1 Å². The van der Waals surface area contributed by atoms with Crippen LogP contribution in [0.15, 0.2) is 36.4 Å². The Labute approximate surface area is 108 Å². The van der Waals surface area contributed by atoms with Crippen molar-refractivity contribution < 1.29 is 4.57 Å². The van der Waals surface area contributed by atoms with Crippen LogP contribution in [-0.4, -0.2) is 0 Å². The third-order valence-corrected chi connectivity index (χ3v) is 3.15. The maximum Gasteiger partial charge on any atom is 0.179 e. The topological polar surface area (TPSA) is 27.7 Å². The van der Waals surface area contributed by atoms with Crippen molar-refractivity contribution in [2.24, 2.45) is 0 Å².